The standard InChI is InChI=1S/C19H22FNO/c1-13(22)19(14-7-3-2-4-8-14)21-16-11-15(12-16)17-9-5-6-10-18(17)20/h2-10,13,15-16,19,21-22H,11-12H2,1H3. The lowest BCUT2D eigenvalue weighted by Crippen LogP contribution is -2.45. The van der Waals surface area contributed by atoms with E-state index in [1.54, 1.807) is 13.0 Å². The molecule has 1 aliphatic rings. The molecule has 3 rings (SSSR count). The van der Waals surface area contributed by atoms with Gasteiger partial charge in [-0.3, -0.25) is 0 Å². The molecule has 2 unspecified atom stereocenters. The van der Waals surface area contributed by atoms with E-state index in [4.69, 9.17) is 0 Å². The summed E-state index contributed by atoms with van der Waals surface area (Å²) in [5, 5.41) is 13.6. The predicted octanol–water partition coefficient (Wildman–Crippen LogP) is 3.78. The molecule has 2 atom stereocenters. The maximum atomic E-state index is 13.8. The molecule has 0 amide bonds. The van der Waals surface area contributed by atoms with Crippen molar-refractivity contribution in [1.82, 2.24) is 5.32 Å². The number of halogens is 1. The van der Waals surface area contributed by atoms with Crippen molar-refractivity contribution in [2.75, 3.05) is 0 Å². The third kappa shape index (κ3) is 3.21. The maximum absolute atomic E-state index is 13.8. The summed E-state index contributed by atoms with van der Waals surface area (Å²) in [7, 11) is 0. The van der Waals surface area contributed by atoms with Crippen LogP contribution in [-0.4, -0.2) is 17.3 Å². The molecule has 0 aromatic heterocycles. The zero-order valence-electron chi connectivity index (χ0n) is 12.7. The van der Waals surface area contributed by atoms with Crippen molar-refractivity contribution in [2.24, 2.45) is 0 Å². The van der Waals surface area contributed by atoms with E-state index in [9.17, 15) is 9.50 Å². The zero-order valence-corrected chi connectivity index (χ0v) is 12.7. The second-order valence-electron chi connectivity index (χ2n) is 6.18. The number of hydrogen-bond donors (Lipinski definition) is 2. The molecule has 2 nitrogen and oxygen atoms in total. The summed E-state index contributed by atoms with van der Waals surface area (Å²) < 4.78 is 13.8. The first-order valence-electron chi connectivity index (χ1n) is 7.88. The van der Waals surface area contributed by atoms with Gasteiger partial charge in [-0.25, -0.2) is 4.39 Å². The van der Waals surface area contributed by atoms with Crippen molar-refractivity contribution < 1.29 is 9.50 Å². The molecule has 0 saturated heterocycles. The highest BCUT2D eigenvalue weighted by atomic mass is 19.1. The van der Waals surface area contributed by atoms with Gasteiger partial charge in [0.15, 0.2) is 0 Å². The molecule has 1 aliphatic carbocycles. The minimum Gasteiger partial charge on any atom is -0.391 e. The molecule has 3 heteroatoms. The van der Waals surface area contributed by atoms with Crippen molar-refractivity contribution in [1.29, 1.82) is 0 Å². The van der Waals surface area contributed by atoms with E-state index in [-0.39, 0.29) is 17.8 Å². The summed E-state index contributed by atoms with van der Waals surface area (Å²) in [5.41, 5.74) is 1.90. The highest BCUT2D eigenvalue weighted by molar-refractivity contribution is 5.26. The van der Waals surface area contributed by atoms with Crippen LogP contribution >= 0.6 is 0 Å². The van der Waals surface area contributed by atoms with Crippen LogP contribution in [0.25, 0.3) is 0 Å². The van der Waals surface area contributed by atoms with Crippen LogP contribution in [0.4, 0.5) is 4.39 Å². The molecule has 116 valence electrons. The van der Waals surface area contributed by atoms with Gasteiger partial charge in [-0.15, -0.1) is 0 Å². The van der Waals surface area contributed by atoms with E-state index < -0.39 is 6.10 Å². The van der Waals surface area contributed by atoms with Crippen molar-refractivity contribution in [3.8, 4) is 0 Å². The van der Waals surface area contributed by atoms with Gasteiger partial charge in [0, 0.05) is 6.04 Å². The van der Waals surface area contributed by atoms with Crippen molar-refractivity contribution in [3.05, 3.63) is 71.5 Å². The van der Waals surface area contributed by atoms with Gasteiger partial charge >= 0.3 is 0 Å². The molecule has 0 heterocycles. The van der Waals surface area contributed by atoms with Crippen LogP contribution < -0.4 is 5.32 Å². The summed E-state index contributed by atoms with van der Waals surface area (Å²) in [6, 6.07) is 17.3. The minimum absolute atomic E-state index is 0.0761. The normalized spacial score (nSPS) is 23.6. The molecule has 2 aromatic rings. The molecule has 0 radical (unpaired) electrons. The Hall–Kier alpha value is -1.71. The van der Waals surface area contributed by atoms with Crippen molar-refractivity contribution in [2.45, 2.75) is 43.9 Å². The molecule has 0 aliphatic heterocycles. The Labute approximate surface area is 131 Å². The Bertz CT molecular complexity index is 608. The monoisotopic (exact) mass is 299 g/mol. The summed E-state index contributed by atoms with van der Waals surface area (Å²) in [6.45, 7) is 1.80. The topological polar surface area (TPSA) is 32.3 Å². The molecule has 2 N–H and O–H groups in total. The fourth-order valence-electron chi connectivity index (χ4n) is 3.24. The van der Waals surface area contributed by atoms with Gasteiger partial charge in [-0.05, 0) is 42.9 Å². The summed E-state index contributed by atoms with van der Waals surface area (Å²) in [5.74, 6) is 0.171. The fourth-order valence-corrected chi connectivity index (χ4v) is 3.24. The first-order valence-corrected chi connectivity index (χ1v) is 7.88. The van der Waals surface area contributed by atoms with Gasteiger partial charge < -0.3 is 10.4 Å². The van der Waals surface area contributed by atoms with E-state index in [2.05, 4.69) is 5.32 Å². The quantitative estimate of drug-likeness (QED) is 0.880. The second kappa shape index (κ2) is 6.59. The van der Waals surface area contributed by atoms with Gasteiger partial charge in [0.25, 0.3) is 0 Å². The number of aliphatic hydroxyl groups is 1. The summed E-state index contributed by atoms with van der Waals surface area (Å²) >= 11 is 0. The lowest BCUT2D eigenvalue weighted by molar-refractivity contribution is 0.122. The SMILES string of the molecule is CC(O)C(NC1CC(c2ccccc2F)C1)c1ccccc1. The van der Waals surface area contributed by atoms with Crippen molar-refractivity contribution >= 4 is 0 Å². The number of rotatable bonds is 5. The van der Waals surface area contributed by atoms with Crippen LogP contribution in [0.15, 0.2) is 54.6 Å². The Balaban J connectivity index is 1.62. The molecular formula is C19H22FNO. The molecule has 2 aromatic carbocycles. The Morgan fingerprint density at radius 3 is 2.32 bits per heavy atom. The molecule has 22 heavy (non-hydrogen) atoms. The molecule has 0 spiro atoms. The van der Waals surface area contributed by atoms with Gasteiger partial charge in [-0.1, -0.05) is 48.5 Å². The van der Waals surface area contributed by atoms with Crippen LogP contribution in [0, 0.1) is 5.82 Å². The fraction of sp³-hybridized carbons (Fsp3) is 0.368. The summed E-state index contributed by atoms with van der Waals surface area (Å²) in [6.07, 6.45) is 1.36. The number of benzene rings is 2. The van der Waals surface area contributed by atoms with Crippen LogP contribution in [-0.2, 0) is 0 Å². The highest BCUT2D eigenvalue weighted by Gasteiger charge is 2.34. The Morgan fingerprint density at radius 2 is 1.68 bits per heavy atom. The van der Waals surface area contributed by atoms with Gasteiger partial charge in [0.1, 0.15) is 5.82 Å². The predicted molar refractivity (Wildman–Crippen MR) is 86.2 cm³/mol. The smallest absolute Gasteiger partial charge is 0.126 e. The maximum Gasteiger partial charge on any atom is 0.126 e. The van der Waals surface area contributed by atoms with Crippen molar-refractivity contribution in [3.63, 3.8) is 0 Å². The lowest BCUT2D eigenvalue weighted by atomic mass is 9.75. The summed E-state index contributed by atoms with van der Waals surface area (Å²) in [4.78, 5) is 0. The van der Waals surface area contributed by atoms with Crippen LogP contribution in [0.2, 0.25) is 0 Å². The van der Waals surface area contributed by atoms with E-state index in [0.717, 1.165) is 24.0 Å². The van der Waals surface area contributed by atoms with Gasteiger partial charge in [0.05, 0.1) is 12.1 Å². The molecule has 1 saturated carbocycles. The largest absolute Gasteiger partial charge is 0.391 e. The lowest BCUT2D eigenvalue weighted by Gasteiger charge is -2.39. The van der Waals surface area contributed by atoms with Crippen LogP contribution in [0.1, 0.15) is 42.9 Å². The Kier molecular flexibility index (Phi) is 4.55. The third-order valence-electron chi connectivity index (χ3n) is 4.54. The van der Waals surface area contributed by atoms with Crippen LogP contribution in [0.5, 0.6) is 0 Å². The van der Waals surface area contributed by atoms with E-state index in [0.29, 0.717) is 6.04 Å². The third-order valence-corrected chi connectivity index (χ3v) is 4.54. The molecular weight excluding hydrogens is 277 g/mol. The minimum atomic E-state index is -0.463. The number of aliphatic hydroxyl groups excluding tert-OH is 1. The molecule has 1 fully saturated rings. The zero-order chi connectivity index (χ0) is 15.5. The molecule has 0 bridgehead atoms. The first kappa shape index (κ1) is 15.2. The Morgan fingerprint density at radius 1 is 1.05 bits per heavy atom. The van der Waals surface area contributed by atoms with Crippen LogP contribution in [0.3, 0.4) is 0 Å². The highest BCUT2D eigenvalue weighted by Crippen LogP contribution is 2.39. The van der Waals surface area contributed by atoms with E-state index >= 15 is 0 Å². The number of hydrogen-bond acceptors (Lipinski definition) is 2. The second-order valence-corrected chi connectivity index (χ2v) is 6.18. The first-order chi connectivity index (χ1) is 10.6. The van der Waals surface area contributed by atoms with Gasteiger partial charge in [-0.2, -0.15) is 0 Å². The average molecular weight is 299 g/mol. The van der Waals surface area contributed by atoms with E-state index in [1.807, 2.05) is 42.5 Å². The van der Waals surface area contributed by atoms with Gasteiger partial charge in [0.2, 0.25) is 0 Å². The number of nitrogens with one attached hydrogen (secondary N) is 1. The average Bonchev–Trinajstić information content (AvgIpc) is 2.48. The van der Waals surface area contributed by atoms with E-state index in [1.165, 1.54) is 6.07 Å².